The van der Waals surface area contributed by atoms with Crippen molar-refractivity contribution in [1.82, 2.24) is 9.97 Å². The lowest BCUT2D eigenvalue weighted by molar-refractivity contribution is -0.119. The molecule has 0 aromatic carbocycles. The van der Waals surface area contributed by atoms with E-state index in [1.165, 1.54) is 0 Å². The summed E-state index contributed by atoms with van der Waals surface area (Å²) in [5.41, 5.74) is 5.48. The van der Waals surface area contributed by atoms with Crippen molar-refractivity contribution in [2.75, 3.05) is 29.5 Å². The van der Waals surface area contributed by atoms with Crippen LogP contribution in [0.1, 0.15) is 13.3 Å². The van der Waals surface area contributed by atoms with Gasteiger partial charge in [-0.05, 0) is 0 Å². The van der Waals surface area contributed by atoms with Gasteiger partial charge in [-0.25, -0.2) is 0 Å². The first-order chi connectivity index (χ1) is 8.04. The van der Waals surface area contributed by atoms with Crippen LogP contribution in [0.4, 0.5) is 17.5 Å². The van der Waals surface area contributed by atoms with Gasteiger partial charge in [-0.15, -0.1) is 0 Å². The van der Waals surface area contributed by atoms with E-state index in [-0.39, 0.29) is 23.3 Å². The summed E-state index contributed by atoms with van der Waals surface area (Å²) in [6.45, 7) is 2.24. The van der Waals surface area contributed by atoms with E-state index < -0.39 is 0 Å². The number of Topliss-reactive ketones (excluding diaryl/α,β-unsaturated/α-hetero) is 1. The van der Waals surface area contributed by atoms with Crippen molar-refractivity contribution in [3.63, 3.8) is 0 Å². The highest BCUT2D eigenvalue weighted by molar-refractivity contribution is 5.90. The lowest BCUT2D eigenvalue weighted by Crippen LogP contribution is -2.49. The molecule has 0 spiro atoms. The normalized spacial score (nSPS) is 18.5. The lowest BCUT2D eigenvalue weighted by Gasteiger charge is -2.33. The number of ketones is 1. The summed E-state index contributed by atoms with van der Waals surface area (Å²) in [6, 6.07) is -0.334. The van der Waals surface area contributed by atoms with E-state index in [1.54, 1.807) is 18.9 Å². The third kappa shape index (κ3) is 1.83. The van der Waals surface area contributed by atoms with Crippen LogP contribution in [-0.4, -0.2) is 35.4 Å². The zero-order valence-electron chi connectivity index (χ0n) is 9.78. The quantitative estimate of drug-likeness (QED) is 0.644. The first-order valence-corrected chi connectivity index (χ1v) is 5.43. The summed E-state index contributed by atoms with van der Waals surface area (Å²) in [6.07, 6.45) is 0.437. The Labute approximate surface area is 98.0 Å². The average Bonchev–Trinajstić information content (AvgIpc) is 2.27. The number of fused-ring (bicyclic) bond motifs is 1. The molecule has 0 amide bonds. The standard InChI is InChI=1S/C10H15N5O2/c1-3-6(16)5-4-12-8-7(15(5)2)9(17)14-10(11)13-8/h5H,3-4H2,1-2H3,(H4,11,12,13,14,17). The third-order valence-electron chi connectivity index (χ3n) is 2.92. The molecule has 0 saturated carbocycles. The summed E-state index contributed by atoms with van der Waals surface area (Å²) in [7, 11) is 1.71. The molecule has 1 aliphatic heterocycles. The van der Waals surface area contributed by atoms with E-state index in [4.69, 9.17) is 5.73 Å². The molecule has 2 rings (SSSR count). The van der Waals surface area contributed by atoms with Gasteiger partial charge in [0.25, 0.3) is 5.56 Å². The molecule has 0 aliphatic carbocycles. The van der Waals surface area contributed by atoms with Crippen molar-refractivity contribution < 1.29 is 4.79 Å². The molecule has 17 heavy (non-hydrogen) atoms. The predicted molar refractivity (Wildman–Crippen MR) is 65.2 cm³/mol. The van der Waals surface area contributed by atoms with Crippen molar-refractivity contribution in [2.24, 2.45) is 0 Å². The second kappa shape index (κ2) is 4.08. The molecule has 0 radical (unpaired) electrons. The average molecular weight is 237 g/mol. The van der Waals surface area contributed by atoms with Crippen molar-refractivity contribution in [2.45, 2.75) is 19.4 Å². The number of nitrogens with one attached hydrogen (secondary N) is 2. The molecular weight excluding hydrogens is 222 g/mol. The summed E-state index contributed by atoms with van der Waals surface area (Å²) >= 11 is 0. The van der Waals surface area contributed by atoms with Gasteiger partial charge in [-0.3, -0.25) is 14.6 Å². The number of rotatable bonds is 2. The summed E-state index contributed by atoms with van der Waals surface area (Å²) in [5, 5.41) is 2.97. The molecule has 1 unspecified atom stereocenters. The molecule has 1 atom stereocenters. The van der Waals surface area contributed by atoms with E-state index in [0.29, 0.717) is 24.5 Å². The molecule has 7 heteroatoms. The fourth-order valence-corrected chi connectivity index (χ4v) is 1.99. The Morgan fingerprint density at radius 2 is 2.35 bits per heavy atom. The molecule has 2 heterocycles. The van der Waals surface area contributed by atoms with Crippen LogP contribution in [0.15, 0.2) is 4.79 Å². The topological polar surface area (TPSA) is 104 Å². The number of aromatic nitrogens is 2. The van der Waals surface area contributed by atoms with Crippen molar-refractivity contribution in [1.29, 1.82) is 0 Å². The second-order valence-corrected chi connectivity index (χ2v) is 3.98. The Morgan fingerprint density at radius 1 is 1.65 bits per heavy atom. The van der Waals surface area contributed by atoms with Crippen molar-refractivity contribution in [3.05, 3.63) is 10.4 Å². The van der Waals surface area contributed by atoms with E-state index >= 15 is 0 Å². The molecule has 1 aromatic rings. The van der Waals surface area contributed by atoms with Crippen LogP contribution in [0.3, 0.4) is 0 Å². The van der Waals surface area contributed by atoms with Crippen LogP contribution in [0.25, 0.3) is 0 Å². The fourth-order valence-electron chi connectivity index (χ4n) is 1.99. The lowest BCUT2D eigenvalue weighted by atomic mass is 10.1. The van der Waals surface area contributed by atoms with Gasteiger partial charge < -0.3 is 16.0 Å². The number of hydrogen-bond acceptors (Lipinski definition) is 6. The maximum atomic E-state index is 11.8. The van der Waals surface area contributed by atoms with Crippen LogP contribution in [0.2, 0.25) is 0 Å². The van der Waals surface area contributed by atoms with Crippen LogP contribution in [0, 0.1) is 0 Å². The first-order valence-electron chi connectivity index (χ1n) is 5.43. The molecule has 4 N–H and O–H groups in total. The Bertz CT molecular complexity index is 510. The third-order valence-corrected chi connectivity index (χ3v) is 2.92. The van der Waals surface area contributed by atoms with E-state index in [2.05, 4.69) is 15.3 Å². The predicted octanol–water partition coefficient (Wildman–Crippen LogP) is -0.438. The first kappa shape index (κ1) is 11.4. The van der Waals surface area contributed by atoms with Gasteiger partial charge in [0.1, 0.15) is 11.7 Å². The van der Waals surface area contributed by atoms with Gasteiger partial charge in [-0.2, -0.15) is 4.98 Å². The fraction of sp³-hybridized carbons (Fsp3) is 0.500. The molecular formula is C10H15N5O2. The number of anilines is 3. The molecule has 7 nitrogen and oxygen atoms in total. The van der Waals surface area contributed by atoms with Crippen LogP contribution >= 0.6 is 0 Å². The number of carbonyl (C=O) groups excluding carboxylic acids is 1. The van der Waals surface area contributed by atoms with Gasteiger partial charge in [0.15, 0.2) is 11.6 Å². The summed E-state index contributed by atoms with van der Waals surface area (Å²) < 4.78 is 0. The van der Waals surface area contributed by atoms with Gasteiger partial charge in [0.2, 0.25) is 5.95 Å². The molecule has 1 aliphatic rings. The van der Waals surface area contributed by atoms with Crippen LogP contribution in [0.5, 0.6) is 0 Å². The van der Waals surface area contributed by atoms with Gasteiger partial charge in [0, 0.05) is 20.0 Å². The Hall–Kier alpha value is -2.05. The SMILES string of the molecule is CCC(=O)C1CNc2nc(N)[nH]c(=O)c2N1C. The van der Waals surface area contributed by atoms with Crippen LogP contribution in [-0.2, 0) is 4.79 Å². The van der Waals surface area contributed by atoms with E-state index in [1.807, 2.05) is 0 Å². The molecule has 1 aromatic heterocycles. The Balaban J connectivity index is 2.45. The van der Waals surface area contributed by atoms with Crippen LogP contribution < -0.4 is 21.5 Å². The monoisotopic (exact) mass is 237 g/mol. The number of nitrogens with zero attached hydrogens (tertiary/aromatic N) is 2. The highest BCUT2D eigenvalue weighted by atomic mass is 16.1. The van der Waals surface area contributed by atoms with E-state index in [9.17, 15) is 9.59 Å². The Kier molecular flexibility index (Phi) is 2.74. The number of hydrogen-bond donors (Lipinski definition) is 3. The minimum absolute atomic E-state index is 0.0647. The Morgan fingerprint density at radius 3 is 3.00 bits per heavy atom. The van der Waals surface area contributed by atoms with Gasteiger partial charge in [-0.1, -0.05) is 6.92 Å². The zero-order chi connectivity index (χ0) is 12.6. The minimum atomic E-state index is -0.337. The number of aromatic amines is 1. The highest BCUT2D eigenvalue weighted by Crippen LogP contribution is 2.25. The summed E-state index contributed by atoms with van der Waals surface area (Å²) in [5.74, 6) is 0.575. The maximum Gasteiger partial charge on any atom is 0.278 e. The van der Waals surface area contributed by atoms with Crippen molar-refractivity contribution >= 4 is 23.2 Å². The highest BCUT2D eigenvalue weighted by Gasteiger charge is 2.30. The second-order valence-electron chi connectivity index (χ2n) is 3.98. The number of H-pyrrole nitrogens is 1. The largest absolute Gasteiger partial charge is 0.369 e. The number of nitrogen functional groups attached to an aromatic ring is 1. The summed E-state index contributed by atoms with van der Waals surface area (Å²) in [4.78, 5) is 31.6. The van der Waals surface area contributed by atoms with Gasteiger partial charge in [0.05, 0.1) is 0 Å². The van der Waals surface area contributed by atoms with Crippen molar-refractivity contribution in [3.8, 4) is 0 Å². The number of nitrogens with two attached hydrogens (primary N) is 1. The number of likely N-dealkylation sites (N-methyl/N-ethyl adjacent to an activating group) is 1. The van der Waals surface area contributed by atoms with Gasteiger partial charge >= 0.3 is 0 Å². The maximum absolute atomic E-state index is 11.8. The molecule has 0 fully saturated rings. The molecule has 0 saturated heterocycles. The van der Waals surface area contributed by atoms with E-state index in [0.717, 1.165) is 0 Å². The smallest absolute Gasteiger partial charge is 0.278 e. The molecule has 92 valence electrons. The minimum Gasteiger partial charge on any atom is -0.369 e. The molecule has 0 bridgehead atoms. The number of carbonyl (C=O) groups is 1. The zero-order valence-corrected chi connectivity index (χ0v) is 9.78.